The molecule has 0 radical (unpaired) electrons. The Kier molecular flexibility index (Phi) is 6.61. The van der Waals surface area contributed by atoms with Crippen LogP contribution in [0.15, 0.2) is 72.3 Å². The molecule has 3 aromatic carbocycles. The second-order valence-corrected chi connectivity index (χ2v) is 9.31. The summed E-state index contributed by atoms with van der Waals surface area (Å²) in [7, 11) is 3.02. The molecule has 0 aliphatic carbocycles. The maximum absolute atomic E-state index is 13.5. The number of Topliss-reactive ketones (excluding diaryl/α,β-unsaturated/α-hetero) is 1. The van der Waals surface area contributed by atoms with Gasteiger partial charge in [0, 0.05) is 30.0 Å². The molecule has 2 saturated heterocycles. The van der Waals surface area contributed by atoms with E-state index in [1.807, 2.05) is 55.5 Å². The minimum atomic E-state index is -0.785. The summed E-state index contributed by atoms with van der Waals surface area (Å²) in [6.07, 6.45) is 2.33. The number of nitrogens with zero attached hydrogens (tertiary/aromatic N) is 2. The molecule has 2 fully saturated rings. The van der Waals surface area contributed by atoms with Gasteiger partial charge in [-0.3, -0.25) is 14.5 Å². The van der Waals surface area contributed by atoms with E-state index in [1.165, 1.54) is 32.0 Å². The lowest BCUT2D eigenvalue weighted by atomic mass is 9.92. The molecule has 0 saturated carbocycles. The van der Waals surface area contributed by atoms with Gasteiger partial charge in [-0.25, -0.2) is 0 Å². The maximum Gasteiger partial charge on any atom is 0.300 e. The highest BCUT2D eigenvalue weighted by Gasteiger charge is 2.47. The van der Waals surface area contributed by atoms with E-state index in [9.17, 15) is 14.7 Å². The number of ether oxygens (including phenoxy) is 2. The number of aliphatic hydroxyl groups is 1. The number of anilines is 2. The summed E-state index contributed by atoms with van der Waals surface area (Å²) in [6.45, 7) is 3.96. The number of carbonyl (C=O) groups excluding carboxylic acids is 2. The Morgan fingerprint density at radius 3 is 2.16 bits per heavy atom. The molecule has 37 heavy (non-hydrogen) atoms. The zero-order valence-corrected chi connectivity index (χ0v) is 21.2. The lowest BCUT2D eigenvalue weighted by Gasteiger charge is -2.27. The van der Waals surface area contributed by atoms with Crippen molar-refractivity contribution in [3.8, 4) is 11.5 Å². The molecule has 1 amide bonds. The Balaban J connectivity index is 1.65. The topological polar surface area (TPSA) is 79.3 Å². The minimum absolute atomic E-state index is 0.0372. The van der Waals surface area contributed by atoms with Crippen LogP contribution in [0.5, 0.6) is 11.5 Å². The molecule has 7 nitrogen and oxygen atoms in total. The van der Waals surface area contributed by atoms with Gasteiger partial charge in [-0.15, -0.1) is 0 Å². The number of rotatable bonds is 6. The van der Waals surface area contributed by atoms with Crippen molar-refractivity contribution in [2.75, 3.05) is 37.1 Å². The maximum atomic E-state index is 13.5. The van der Waals surface area contributed by atoms with Gasteiger partial charge in [0.05, 0.1) is 25.8 Å². The molecule has 0 bridgehead atoms. The van der Waals surface area contributed by atoms with Crippen LogP contribution in [-0.4, -0.2) is 44.1 Å². The number of aliphatic hydroxyl groups excluding tert-OH is 1. The van der Waals surface area contributed by atoms with E-state index in [-0.39, 0.29) is 11.3 Å². The Labute approximate surface area is 216 Å². The van der Waals surface area contributed by atoms with Crippen LogP contribution >= 0.6 is 0 Å². The Hall–Kier alpha value is -4.26. The highest BCUT2D eigenvalue weighted by Crippen LogP contribution is 2.44. The van der Waals surface area contributed by atoms with E-state index in [4.69, 9.17) is 9.47 Å². The molecule has 7 heteroatoms. The van der Waals surface area contributed by atoms with Gasteiger partial charge in [-0.2, -0.15) is 0 Å². The van der Waals surface area contributed by atoms with E-state index in [1.54, 1.807) is 18.2 Å². The number of benzene rings is 3. The zero-order valence-electron chi connectivity index (χ0n) is 21.2. The molecule has 1 atom stereocenters. The highest BCUT2D eigenvalue weighted by atomic mass is 16.5. The number of methoxy groups -OCH3 is 2. The lowest BCUT2D eigenvalue weighted by Crippen LogP contribution is -2.29. The summed E-state index contributed by atoms with van der Waals surface area (Å²) in [5.74, 6) is -0.768. The minimum Gasteiger partial charge on any atom is -0.507 e. The molecule has 2 aliphatic heterocycles. The molecule has 2 aliphatic rings. The number of carbonyl (C=O) groups is 2. The third-order valence-electron chi connectivity index (χ3n) is 7.18. The summed E-state index contributed by atoms with van der Waals surface area (Å²) in [4.78, 5) is 30.8. The second-order valence-electron chi connectivity index (χ2n) is 9.31. The van der Waals surface area contributed by atoms with Gasteiger partial charge >= 0.3 is 0 Å². The van der Waals surface area contributed by atoms with E-state index >= 15 is 0 Å². The van der Waals surface area contributed by atoms with Crippen molar-refractivity contribution in [3.63, 3.8) is 0 Å². The lowest BCUT2D eigenvalue weighted by molar-refractivity contribution is -0.132. The van der Waals surface area contributed by atoms with E-state index in [0.29, 0.717) is 22.7 Å². The number of hydrogen-bond acceptors (Lipinski definition) is 6. The molecule has 2 heterocycles. The van der Waals surface area contributed by atoms with Gasteiger partial charge in [0.1, 0.15) is 5.76 Å². The molecule has 190 valence electrons. The number of aryl methyl sites for hydroxylation is 1. The fourth-order valence-electron chi connectivity index (χ4n) is 5.23. The Bertz CT molecular complexity index is 1370. The van der Waals surface area contributed by atoms with Crippen LogP contribution in [0.2, 0.25) is 0 Å². The van der Waals surface area contributed by atoms with Crippen LogP contribution in [0.3, 0.4) is 0 Å². The first-order valence-corrected chi connectivity index (χ1v) is 12.4. The third kappa shape index (κ3) is 4.31. The first kappa shape index (κ1) is 24.4. The number of hydrogen-bond donors (Lipinski definition) is 1. The smallest absolute Gasteiger partial charge is 0.300 e. The zero-order chi connectivity index (χ0) is 26.1. The van der Waals surface area contributed by atoms with Crippen LogP contribution < -0.4 is 19.3 Å². The van der Waals surface area contributed by atoms with Gasteiger partial charge in [0.2, 0.25) is 0 Å². The number of ketones is 1. The molecular formula is C30H30N2O5. The molecular weight excluding hydrogens is 468 g/mol. The fourth-order valence-corrected chi connectivity index (χ4v) is 5.23. The van der Waals surface area contributed by atoms with E-state index < -0.39 is 17.7 Å². The van der Waals surface area contributed by atoms with Gasteiger partial charge in [-0.05, 0) is 73.4 Å². The van der Waals surface area contributed by atoms with Crippen molar-refractivity contribution in [2.24, 2.45) is 0 Å². The standard InChI is InChI=1S/C30H30N2O5/c1-19-8-4-5-9-23(19)27-26(28(33)20-10-15-24(36-2)25(18-20)37-3)29(34)30(35)32(27)22-13-11-21(12-14-22)31-16-6-7-17-31/h4-5,8-15,18,27,33H,6-7,16-17H2,1-3H3/b28-26+. The molecule has 0 spiro atoms. The summed E-state index contributed by atoms with van der Waals surface area (Å²) in [5, 5.41) is 11.4. The van der Waals surface area contributed by atoms with Crippen LogP contribution in [0, 0.1) is 6.92 Å². The predicted octanol–water partition coefficient (Wildman–Crippen LogP) is 5.24. The van der Waals surface area contributed by atoms with Crippen molar-refractivity contribution >= 4 is 28.8 Å². The van der Waals surface area contributed by atoms with Crippen molar-refractivity contribution in [3.05, 3.63) is 89.0 Å². The fraction of sp³-hybridized carbons (Fsp3) is 0.267. The van der Waals surface area contributed by atoms with Crippen molar-refractivity contribution < 1.29 is 24.2 Å². The molecule has 1 N–H and O–H groups in total. The molecule has 5 rings (SSSR count). The van der Waals surface area contributed by atoms with Gasteiger partial charge in [0.25, 0.3) is 11.7 Å². The third-order valence-corrected chi connectivity index (χ3v) is 7.18. The van der Waals surface area contributed by atoms with Crippen LogP contribution in [0.4, 0.5) is 11.4 Å². The van der Waals surface area contributed by atoms with Crippen LogP contribution in [0.1, 0.15) is 35.6 Å². The van der Waals surface area contributed by atoms with Gasteiger partial charge in [0.15, 0.2) is 11.5 Å². The molecule has 1 unspecified atom stereocenters. The molecule has 3 aromatic rings. The van der Waals surface area contributed by atoms with Crippen molar-refractivity contribution in [1.82, 2.24) is 0 Å². The monoisotopic (exact) mass is 498 g/mol. The summed E-state index contributed by atoms with van der Waals surface area (Å²) in [5.41, 5.74) is 3.77. The first-order chi connectivity index (χ1) is 17.9. The molecule has 0 aromatic heterocycles. The van der Waals surface area contributed by atoms with Crippen molar-refractivity contribution in [2.45, 2.75) is 25.8 Å². The van der Waals surface area contributed by atoms with Crippen LogP contribution in [-0.2, 0) is 9.59 Å². The Morgan fingerprint density at radius 2 is 1.51 bits per heavy atom. The average molecular weight is 499 g/mol. The summed E-state index contributed by atoms with van der Waals surface area (Å²) in [6, 6.07) is 19.4. The van der Waals surface area contributed by atoms with Crippen molar-refractivity contribution in [1.29, 1.82) is 0 Å². The predicted molar refractivity (Wildman–Crippen MR) is 143 cm³/mol. The largest absolute Gasteiger partial charge is 0.507 e. The highest BCUT2D eigenvalue weighted by molar-refractivity contribution is 6.51. The number of amides is 1. The first-order valence-electron chi connectivity index (χ1n) is 12.4. The summed E-state index contributed by atoms with van der Waals surface area (Å²) < 4.78 is 10.7. The van der Waals surface area contributed by atoms with Gasteiger partial charge < -0.3 is 19.5 Å². The Morgan fingerprint density at radius 1 is 0.865 bits per heavy atom. The normalized spacial score (nSPS) is 18.9. The van der Waals surface area contributed by atoms with Gasteiger partial charge in [-0.1, -0.05) is 24.3 Å². The average Bonchev–Trinajstić information content (AvgIpc) is 3.55. The van der Waals surface area contributed by atoms with Crippen LogP contribution in [0.25, 0.3) is 5.76 Å². The second kappa shape index (κ2) is 10.0. The summed E-state index contributed by atoms with van der Waals surface area (Å²) >= 11 is 0. The van der Waals surface area contributed by atoms with E-state index in [0.717, 1.165) is 29.9 Å². The van der Waals surface area contributed by atoms with E-state index in [2.05, 4.69) is 4.90 Å². The quantitative estimate of drug-likeness (QED) is 0.285. The SMILES string of the molecule is COc1ccc(/C(O)=C2\C(=O)C(=O)N(c3ccc(N4CCCC4)cc3)C2c2ccccc2C)cc1OC.